The van der Waals surface area contributed by atoms with E-state index < -0.39 is 0 Å². The molecule has 0 spiro atoms. The summed E-state index contributed by atoms with van der Waals surface area (Å²) < 4.78 is 10.2. The van der Waals surface area contributed by atoms with Crippen molar-refractivity contribution >= 4 is 17.3 Å². The molecule has 90 valence electrons. The largest absolute Gasteiger partial charge is 0.469 e. The number of carbonyl (C=O) groups is 1. The molecule has 0 saturated heterocycles. The third-order valence-electron chi connectivity index (χ3n) is 2.33. The lowest BCUT2D eigenvalue weighted by atomic mass is 10.3. The summed E-state index contributed by atoms with van der Waals surface area (Å²) in [5.41, 5.74) is 1.26. The van der Waals surface area contributed by atoms with Crippen LogP contribution in [0.1, 0.15) is 33.7 Å². The molecule has 0 radical (unpaired) electrons. The van der Waals surface area contributed by atoms with Crippen LogP contribution in [0.5, 0.6) is 0 Å². The van der Waals surface area contributed by atoms with Crippen molar-refractivity contribution in [3.63, 3.8) is 0 Å². The van der Waals surface area contributed by atoms with Crippen LogP contribution in [0.4, 0.5) is 0 Å². The van der Waals surface area contributed by atoms with Crippen molar-refractivity contribution in [1.82, 2.24) is 4.98 Å². The lowest BCUT2D eigenvalue weighted by Gasteiger charge is -2.01. The van der Waals surface area contributed by atoms with Crippen LogP contribution >= 0.6 is 11.3 Å². The molecule has 0 amide bonds. The van der Waals surface area contributed by atoms with Gasteiger partial charge in [0.05, 0.1) is 17.0 Å². The Labute approximate surface area is 103 Å². The molecule has 2 heterocycles. The average molecular weight is 251 g/mol. The molecule has 2 rings (SSSR count). The van der Waals surface area contributed by atoms with E-state index in [2.05, 4.69) is 4.98 Å². The van der Waals surface area contributed by atoms with E-state index in [1.54, 1.807) is 24.3 Å². The lowest BCUT2D eigenvalue weighted by molar-refractivity contribution is 0.0466. The first kappa shape index (κ1) is 11.9. The van der Waals surface area contributed by atoms with Crippen molar-refractivity contribution in [2.45, 2.75) is 26.9 Å². The fourth-order valence-electron chi connectivity index (χ4n) is 1.39. The minimum atomic E-state index is -0.373. The highest BCUT2D eigenvalue weighted by Crippen LogP contribution is 2.14. The van der Waals surface area contributed by atoms with Gasteiger partial charge in [-0.25, -0.2) is 9.78 Å². The summed E-state index contributed by atoms with van der Waals surface area (Å²) >= 11 is 1.58. The second-order valence-corrected chi connectivity index (χ2v) is 4.50. The van der Waals surface area contributed by atoms with Gasteiger partial charge < -0.3 is 9.15 Å². The number of aromatic nitrogens is 1. The maximum atomic E-state index is 11.7. The predicted octanol–water partition coefficient (Wildman–Crippen LogP) is 2.96. The molecule has 0 aliphatic rings. The summed E-state index contributed by atoms with van der Waals surface area (Å²) in [5.74, 6) is 0.199. The second-order valence-electron chi connectivity index (χ2n) is 3.55. The summed E-state index contributed by atoms with van der Waals surface area (Å²) in [5, 5.41) is 2.96. The molecule has 2 aromatic rings. The van der Waals surface area contributed by atoms with Gasteiger partial charge in [0.25, 0.3) is 0 Å². The summed E-state index contributed by atoms with van der Waals surface area (Å²) in [6.07, 6.45) is 2.38. The van der Waals surface area contributed by atoms with Crippen LogP contribution in [0.25, 0.3) is 0 Å². The SMILES string of the molecule is CCc1nc(COC(=O)c2ccoc2C)cs1. The van der Waals surface area contributed by atoms with Gasteiger partial charge in [-0.1, -0.05) is 6.92 Å². The maximum absolute atomic E-state index is 11.7. The van der Waals surface area contributed by atoms with Gasteiger partial charge in [-0.2, -0.15) is 0 Å². The van der Waals surface area contributed by atoms with Crippen molar-refractivity contribution in [1.29, 1.82) is 0 Å². The Balaban J connectivity index is 1.94. The van der Waals surface area contributed by atoms with Crippen LogP contribution in [-0.4, -0.2) is 11.0 Å². The van der Waals surface area contributed by atoms with Gasteiger partial charge in [0, 0.05) is 5.38 Å². The fourth-order valence-corrected chi connectivity index (χ4v) is 2.12. The lowest BCUT2D eigenvalue weighted by Crippen LogP contribution is -2.05. The number of nitrogens with zero attached hydrogens (tertiary/aromatic N) is 1. The van der Waals surface area contributed by atoms with Crippen molar-refractivity contribution in [3.05, 3.63) is 39.7 Å². The Morgan fingerprint density at radius 3 is 3.00 bits per heavy atom. The number of carbonyl (C=O) groups excluding carboxylic acids is 1. The molecule has 0 bridgehead atoms. The second kappa shape index (κ2) is 5.14. The van der Waals surface area contributed by atoms with Crippen molar-refractivity contribution in [2.75, 3.05) is 0 Å². The molecule has 0 N–H and O–H groups in total. The van der Waals surface area contributed by atoms with Gasteiger partial charge >= 0.3 is 5.97 Å². The van der Waals surface area contributed by atoms with Crippen molar-refractivity contribution in [3.8, 4) is 0 Å². The number of thiazole rings is 1. The van der Waals surface area contributed by atoms with E-state index in [-0.39, 0.29) is 12.6 Å². The molecule has 0 aliphatic heterocycles. The van der Waals surface area contributed by atoms with E-state index in [0.717, 1.165) is 17.1 Å². The first-order chi connectivity index (χ1) is 8.20. The molecular formula is C12H13NO3S. The van der Waals surface area contributed by atoms with Crippen LogP contribution in [-0.2, 0) is 17.8 Å². The molecule has 0 fully saturated rings. The van der Waals surface area contributed by atoms with E-state index in [0.29, 0.717) is 11.3 Å². The number of rotatable bonds is 4. The number of esters is 1. The number of furan rings is 1. The number of hydrogen-bond donors (Lipinski definition) is 0. The Hall–Kier alpha value is -1.62. The molecule has 0 aliphatic carbocycles. The first-order valence-corrected chi connectivity index (χ1v) is 6.23. The Kier molecular flexibility index (Phi) is 3.58. The van der Waals surface area contributed by atoms with Crippen LogP contribution in [0.2, 0.25) is 0 Å². The molecule has 5 heteroatoms. The summed E-state index contributed by atoms with van der Waals surface area (Å²) in [4.78, 5) is 16.0. The van der Waals surface area contributed by atoms with Crippen LogP contribution < -0.4 is 0 Å². The van der Waals surface area contributed by atoms with Crippen LogP contribution in [0, 0.1) is 6.92 Å². The van der Waals surface area contributed by atoms with Gasteiger partial charge in [0.15, 0.2) is 0 Å². The summed E-state index contributed by atoms with van der Waals surface area (Å²) in [6.45, 7) is 3.98. The normalized spacial score (nSPS) is 10.5. The third kappa shape index (κ3) is 2.74. The predicted molar refractivity (Wildman–Crippen MR) is 64.1 cm³/mol. The zero-order chi connectivity index (χ0) is 12.3. The summed E-state index contributed by atoms with van der Waals surface area (Å²) in [6, 6.07) is 1.61. The Morgan fingerprint density at radius 1 is 1.59 bits per heavy atom. The maximum Gasteiger partial charge on any atom is 0.342 e. The quantitative estimate of drug-likeness (QED) is 0.784. The number of ether oxygens (including phenoxy) is 1. The third-order valence-corrected chi connectivity index (χ3v) is 3.37. The Bertz CT molecular complexity index is 515. The highest BCUT2D eigenvalue weighted by atomic mass is 32.1. The van der Waals surface area contributed by atoms with E-state index in [1.165, 1.54) is 6.26 Å². The van der Waals surface area contributed by atoms with E-state index in [4.69, 9.17) is 9.15 Å². The monoisotopic (exact) mass is 251 g/mol. The topological polar surface area (TPSA) is 52.3 Å². The van der Waals surface area contributed by atoms with E-state index in [9.17, 15) is 4.79 Å². The molecular weight excluding hydrogens is 238 g/mol. The van der Waals surface area contributed by atoms with E-state index >= 15 is 0 Å². The van der Waals surface area contributed by atoms with Gasteiger partial charge in [-0.05, 0) is 19.4 Å². The van der Waals surface area contributed by atoms with Crippen molar-refractivity contribution in [2.24, 2.45) is 0 Å². The highest BCUT2D eigenvalue weighted by molar-refractivity contribution is 7.09. The molecule has 2 aromatic heterocycles. The van der Waals surface area contributed by atoms with Gasteiger partial charge in [0.1, 0.15) is 17.9 Å². The minimum Gasteiger partial charge on any atom is -0.469 e. The minimum absolute atomic E-state index is 0.208. The molecule has 0 saturated carbocycles. The van der Waals surface area contributed by atoms with E-state index in [1.807, 2.05) is 12.3 Å². The molecule has 4 nitrogen and oxygen atoms in total. The zero-order valence-electron chi connectivity index (χ0n) is 9.73. The Morgan fingerprint density at radius 2 is 2.41 bits per heavy atom. The fraction of sp³-hybridized carbons (Fsp3) is 0.333. The highest BCUT2D eigenvalue weighted by Gasteiger charge is 2.13. The van der Waals surface area contributed by atoms with Gasteiger partial charge in [0.2, 0.25) is 0 Å². The standard InChI is InChI=1S/C12H13NO3S/c1-3-11-13-9(7-17-11)6-16-12(14)10-4-5-15-8(10)2/h4-5,7H,3,6H2,1-2H3. The van der Waals surface area contributed by atoms with Gasteiger partial charge in [-0.15, -0.1) is 11.3 Å². The molecule has 17 heavy (non-hydrogen) atoms. The molecule has 0 atom stereocenters. The van der Waals surface area contributed by atoms with Crippen LogP contribution in [0.15, 0.2) is 22.1 Å². The number of hydrogen-bond acceptors (Lipinski definition) is 5. The number of aryl methyl sites for hydroxylation is 2. The summed E-state index contributed by atoms with van der Waals surface area (Å²) in [7, 11) is 0. The zero-order valence-corrected chi connectivity index (χ0v) is 10.5. The van der Waals surface area contributed by atoms with Gasteiger partial charge in [-0.3, -0.25) is 0 Å². The molecule has 0 unspecified atom stereocenters. The smallest absolute Gasteiger partial charge is 0.342 e. The van der Waals surface area contributed by atoms with Crippen molar-refractivity contribution < 1.29 is 13.9 Å². The first-order valence-electron chi connectivity index (χ1n) is 5.35. The molecule has 0 aromatic carbocycles. The average Bonchev–Trinajstić information content (AvgIpc) is 2.94. The van der Waals surface area contributed by atoms with Crippen LogP contribution in [0.3, 0.4) is 0 Å².